The number of nitrogens with zero attached hydrogens (tertiary/aromatic N) is 1. The molecule has 2 unspecified atom stereocenters. The average Bonchev–Trinajstić information content (AvgIpc) is 3.35. The van der Waals surface area contributed by atoms with Crippen molar-refractivity contribution in [2.24, 2.45) is 5.73 Å². The topological polar surface area (TPSA) is 119 Å². The molecular formula is C27H40N2O6. The first kappa shape index (κ1) is 28.4. The third kappa shape index (κ3) is 9.02. The number of hydrogen-bond donors (Lipinski definition) is 2. The maximum absolute atomic E-state index is 13.2. The van der Waals surface area contributed by atoms with E-state index in [1.807, 2.05) is 0 Å². The first-order valence-electron chi connectivity index (χ1n) is 12.7. The van der Waals surface area contributed by atoms with Gasteiger partial charge in [-0.25, -0.2) is 4.79 Å². The summed E-state index contributed by atoms with van der Waals surface area (Å²) < 4.78 is 11.2. The second-order valence-electron chi connectivity index (χ2n) is 9.01. The summed E-state index contributed by atoms with van der Waals surface area (Å²) in [6, 6.07) is 6.25. The molecule has 1 heterocycles. The van der Waals surface area contributed by atoms with E-state index in [-0.39, 0.29) is 12.0 Å². The highest BCUT2D eigenvalue weighted by atomic mass is 16.5. The number of carbonyl (C=O) groups is 3. The van der Waals surface area contributed by atoms with Crippen LogP contribution in [0.4, 0.5) is 0 Å². The normalized spacial score (nSPS) is 16.7. The summed E-state index contributed by atoms with van der Waals surface area (Å²) in [6.45, 7) is 2.15. The molecule has 194 valence electrons. The number of methoxy groups -OCH3 is 1. The number of carbonyl (C=O) groups excluding carboxylic acids is 3. The molecular weight excluding hydrogens is 448 g/mol. The number of rotatable bonds is 16. The zero-order valence-corrected chi connectivity index (χ0v) is 21.0. The van der Waals surface area contributed by atoms with Gasteiger partial charge in [-0.05, 0) is 50.7 Å². The van der Waals surface area contributed by atoms with Crippen molar-refractivity contribution in [2.45, 2.75) is 95.8 Å². The van der Waals surface area contributed by atoms with Gasteiger partial charge in [0.05, 0.1) is 12.7 Å². The molecule has 0 radical (unpaired) electrons. The molecule has 1 aliphatic rings. The van der Waals surface area contributed by atoms with Crippen molar-refractivity contribution in [3.05, 3.63) is 42.1 Å². The van der Waals surface area contributed by atoms with E-state index in [1.54, 1.807) is 36.5 Å². The van der Waals surface area contributed by atoms with Crippen LogP contribution in [-0.4, -0.2) is 53.1 Å². The summed E-state index contributed by atoms with van der Waals surface area (Å²) in [5, 5.41) is 9.54. The number of esters is 1. The summed E-state index contributed by atoms with van der Waals surface area (Å²) >= 11 is 0. The quantitative estimate of drug-likeness (QED) is 0.267. The van der Waals surface area contributed by atoms with Crippen LogP contribution in [0.2, 0.25) is 0 Å². The van der Waals surface area contributed by atoms with Gasteiger partial charge in [-0.15, -0.1) is 0 Å². The van der Waals surface area contributed by atoms with Crippen LogP contribution in [0.5, 0.6) is 5.75 Å². The van der Waals surface area contributed by atoms with Gasteiger partial charge < -0.3 is 25.2 Å². The molecule has 2 rings (SSSR count). The van der Waals surface area contributed by atoms with Gasteiger partial charge in [-0.1, -0.05) is 57.2 Å². The van der Waals surface area contributed by atoms with E-state index in [2.05, 4.69) is 6.92 Å². The van der Waals surface area contributed by atoms with E-state index in [0.717, 1.165) is 44.9 Å². The standard InChI is InChI=1S/C27H40N2O6/c1-3-4-5-7-13-20(14-8-6-9-17-23(30)25(28)31)35-27(33)22-16-12-19-29(22)26(32)21-15-10-11-18-24(21)34-2/h10-12,15,18-20,22-23,30H,3-9,13-14,16-17H2,1-2H3,(H2,28,31)/t20?,22-,23?/m0/s1. The molecule has 0 aliphatic carbocycles. The lowest BCUT2D eigenvalue weighted by molar-refractivity contribution is -0.154. The summed E-state index contributed by atoms with van der Waals surface area (Å²) in [4.78, 5) is 38.7. The zero-order chi connectivity index (χ0) is 25.6. The highest BCUT2D eigenvalue weighted by Crippen LogP contribution is 2.26. The van der Waals surface area contributed by atoms with Gasteiger partial charge in [-0.2, -0.15) is 0 Å². The number of aliphatic hydroxyl groups excluding tert-OH is 1. The summed E-state index contributed by atoms with van der Waals surface area (Å²) in [7, 11) is 1.51. The van der Waals surface area contributed by atoms with Gasteiger partial charge in [0.15, 0.2) is 0 Å². The third-order valence-corrected chi connectivity index (χ3v) is 6.30. The second kappa shape index (κ2) is 15.2. The molecule has 8 nitrogen and oxygen atoms in total. The molecule has 0 saturated carbocycles. The largest absolute Gasteiger partial charge is 0.496 e. The predicted molar refractivity (Wildman–Crippen MR) is 134 cm³/mol. The molecule has 2 amide bonds. The van der Waals surface area contributed by atoms with Crippen molar-refractivity contribution in [2.75, 3.05) is 7.11 Å². The van der Waals surface area contributed by atoms with Crippen LogP contribution in [0.25, 0.3) is 0 Å². The fourth-order valence-electron chi connectivity index (χ4n) is 4.23. The molecule has 1 aliphatic heterocycles. The Kier molecular flexibility index (Phi) is 12.3. The number of amides is 2. The van der Waals surface area contributed by atoms with Crippen molar-refractivity contribution >= 4 is 17.8 Å². The average molecular weight is 489 g/mol. The van der Waals surface area contributed by atoms with Gasteiger partial charge >= 0.3 is 5.97 Å². The van der Waals surface area contributed by atoms with Crippen LogP contribution in [0, 0.1) is 0 Å². The Morgan fingerprint density at radius 3 is 2.37 bits per heavy atom. The Hall–Kier alpha value is -2.87. The van der Waals surface area contributed by atoms with Crippen LogP contribution < -0.4 is 10.5 Å². The minimum Gasteiger partial charge on any atom is -0.496 e. The molecule has 0 aromatic heterocycles. The third-order valence-electron chi connectivity index (χ3n) is 6.30. The molecule has 1 aromatic carbocycles. The fraction of sp³-hybridized carbons (Fsp3) is 0.593. The van der Waals surface area contributed by atoms with Crippen LogP contribution >= 0.6 is 0 Å². The predicted octanol–water partition coefficient (Wildman–Crippen LogP) is 4.10. The number of unbranched alkanes of at least 4 members (excludes halogenated alkanes) is 5. The lowest BCUT2D eigenvalue weighted by atomic mass is 10.0. The zero-order valence-electron chi connectivity index (χ0n) is 21.0. The van der Waals surface area contributed by atoms with Gasteiger partial charge in [0.25, 0.3) is 5.91 Å². The van der Waals surface area contributed by atoms with Crippen LogP contribution in [-0.2, 0) is 14.3 Å². The molecule has 8 heteroatoms. The van der Waals surface area contributed by atoms with E-state index in [9.17, 15) is 19.5 Å². The highest BCUT2D eigenvalue weighted by molar-refractivity contribution is 6.00. The highest BCUT2D eigenvalue weighted by Gasteiger charge is 2.34. The Bertz CT molecular complexity index is 856. The van der Waals surface area contributed by atoms with Crippen LogP contribution in [0.15, 0.2) is 36.5 Å². The molecule has 0 bridgehead atoms. The first-order valence-corrected chi connectivity index (χ1v) is 12.7. The van der Waals surface area contributed by atoms with Gasteiger partial charge in [0.1, 0.15) is 24.0 Å². The van der Waals surface area contributed by atoms with E-state index in [4.69, 9.17) is 15.2 Å². The molecule has 3 atom stereocenters. The molecule has 3 N–H and O–H groups in total. The SMILES string of the molecule is CCCCCCC(CCCCCC(O)C(N)=O)OC(=O)[C@@H]1CC=CN1C(=O)c1ccccc1OC. The monoisotopic (exact) mass is 488 g/mol. The smallest absolute Gasteiger partial charge is 0.329 e. The lowest BCUT2D eigenvalue weighted by Crippen LogP contribution is -2.41. The second-order valence-corrected chi connectivity index (χ2v) is 9.01. The van der Waals surface area contributed by atoms with Crippen molar-refractivity contribution < 1.29 is 29.0 Å². The molecule has 0 spiro atoms. The Morgan fingerprint density at radius 2 is 1.71 bits per heavy atom. The number of ether oxygens (including phenoxy) is 2. The summed E-state index contributed by atoms with van der Waals surface area (Å²) in [5.41, 5.74) is 5.49. The van der Waals surface area contributed by atoms with Gasteiger partial charge in [0, 0.05) is 6.20 Å². The van der Waals surface area contributed by atoms with E-state index < -0.39 is 24.0 Å². The van der Waals surface area contributed by atoms with Crippen molar-refractivity contribution in [1.29, 1.82) is 0 Å². The number of benzene rings is 1. The van der Waals surface area contributed by atoms with Crippen molar-refractivity contribution in [3.8, 4) is 5.75 Å². The Morgan fingerprint density at radius 1 is 1.06 bits per heavy atom. The number of primary amides is 1. The summed E-state index contributed by atoms with van der Waals surface area (Å²) in [5.74, 6) is -0.946. The minimum absolute atomic E-state index is 0.232. The van der Waals surface area contributed by atoms with E-state index >= 15 is 0 Å². The number of aliphatic hydroxyl groups is 1. The van der Waals surface area contributed by atoms with E-state index in [0.29, 0.717) is 37.0 Å². The minimum atomic E-state index is -1.11. The molecule has 1 aromatic rings. The number of para-hydroxylation sites is 1. The molecule has 0 saturated heterocycles. The van der Waals surface area contributed by atoms with E-state index in [1.165, 1.54) is 12.0 Å². The van der Waals surface area contributed by atoms with Crippen molar-refractivity contribution in [3.63, 3.8) is 0 Å². The Balaban J connectivity index is 1.95. The van der Waals surface area contributed by atoms with Crippen LogP contribution in [0.1, 0.15) is 87.9 Å². The van der Waals surface area contributed by atoms with Crippen LogP contribution in [0.3, 0.4) is 0 Å². The van der Waals surface area contributed by atoms with Crippen molar-refractivity contribution in [1.82, 2.24) is 4.90 Å². The van der Waals surface area contributed by atoms with Gasteiger partial charge in [-0.3, -0.25) is 9.59 Å². The Labute approximate surface area is 208 Å². The number of nitrogens with two attached hydrogens (primary N) is 1. The maximum atomic E-state index is 13.2. The number of hydrogen-bond acceptors (Lipinski definition) is 6. The molecule has 0 fully saturated rings. The van der Waals surface area contributed by atoms with Gasteiger partial charge in [0.2, 0.25) is 5.91 Å². The molecule has 35 heavy (non-hydrogen) atoms. The first-order chi connectivity index (χ1) is 16.9. The lowest BCUT2D eigenvalue weighted by Gasteiger charge is -2.26. The summed E-state index contributed by atoms with van der Waals surface area (Å²) in [6.07, 6.45) is 10.9. The fourth-order valence-corrected chi connectivity index (χ4v) is 4.23. The maximum Gasteiger partial charge on any atom is 0.329 e.